The van der Waals surface area contributed by atoms with Gasteiger partial charge in [0.1, 0.15) is 0 Å². The van der Waals surface area contributed by atoms with Gasteiger partial charge in [0, 0.05) is 32.4 Å². The number of nitrogens with zero attached hydrogens (tertiary/aromatic N) is 4. The van der Waals surface area contributed by atoms with Gasteiger partial charge >= 0.3 is 0 Å². The van der Waals surface area contributed by atoms with Crippen molar-refractivity contribution in [3.63, 3.8) is 0 Å². The third-order valence-corrected chi connectivity index (χ3v) is 5.41. The summed E-state index contributed by atoms with van der Waals surface area (Å²) in [5, 5.41) is 0. The molecule has 0 radical (unpaired) electrons. The summed E-state index contributed by atoms with van der Waals surface area (Å²) in [4.78, 5) is 34.3. The molecule has 0 aliphatic carbocycles. The van der Waals surface area contributed by atoms with E-state index in [-0.39, 0.29) is 11.8 Å². The van der Waals surface area contributed by atoms with E-state index >= 15 is 0 Å². The van der Waals surface area contributed by atoms with Gasteiger partial charge in [-0.1, -0.05) is 30.3 Å². The largest absolute Gasteiger partial charge is 0.337 e. The van der Waals surface area contributed by atoms with Crippen LogP contribution in [0.15, 0.2) is 48.7 Å². The number of hydrogen-bond donors (Lipinski definition) is 0. The van der Waals surface area contributed by atoms with Crippen molar-refractivity contribution in [3.8, 4) is 0 Å². The van der Waals surface area contributed by atoms with Crippen LogP contribution in [0.5, 0.6) is 0 Å². The minimum Gasteiger partial charge on any atom is -0.337 e. The first-order valence-electron chi connectivity index (χ1n) is 9.76. The van der Waals surface area contributed by atoms with Crippen molar-refractivity contribution in [3.05, 3.63) is 71.3 Å². The fourth-order valence-electron chi connectivity index (χ4n) is 3.82. The molecule has 3 heterocycles. The smallest absolute Gasteiger partial charge is 0.290 e. The minimum atomic E-state index is -0.158. The van der Waals surface area contributed by atoms with Crippen LogP contribution in [0.4, 0.5) is 0 Å². The van der Waals surface area contributed by atoms with Gasteiger partial charge in [0.25, 0.3) is 11.8 Å². The van der Waals surface area contributed by atoms with E-state index in [4.69, 9.17) is 0 Å². The third kappa shape index (κ3) is 3.05. The van der Waals surface area contributed by atoms with Crippen LogP contribution >= 0.6 is 0 Å². The number of fused-ring (bicyclic) bond motifs is 2. The molecule has 4 rings (SSSR count). The molecule has 0 spiro atoms. The Morgan fingerprint density at radius 3 is 2.50 bits per heavy atom. The monoisotopic (exact) mass is 376 g/mol. The molecule has 0 N–H and O–H groups in total. The lowest BCUT2D eigenvalue weighted by molar-refractivity contribution is 0.0731. The van der Waals surface area contributed by atoms with Crippen molar-refractivity contribution in [2.24, 2.45) is 0 Å². The molecule has 0 fully saturated rings. The lowest BCUT2D eigenvalue weighted by Crippen LogP contribution is -2.36. The van der Waals surface area contributed by atoms with Gasteiger partial charge in [0.05, 0.1) is 5.52 Å². The van der Waals surface area contributed by atoms with E-state index in [0.29, 0.717) is 43.2 Å². The molecule has 0 unspecified atom stereocenters. The van der Waals surface area contributed by atoms with Gasteiger partial charge in [-0.25, -0.2) is 4.98 Å². The van der Waals surface area contributed by atoms with Crippen molar-refractivity contribution in [2.45, 2.75) is 26.8 Å². The summed E-state index contributed by atoms with van der Waals surface area (Å²) in [5.74, 6) is 0.00565. The first kappa shape index (κ1) is 18.2. The van der Waals surface area contributed by atoms with Crippen LogP contribution < -0.4 is 0 Å². The van der Waals surface area contributed by atoms with E-state index in [1.807, 2.05) is 49.1 Å². The van der Waals surface area contributed by atoms with E-state index in [0.717, 1.165) is 6.42 Å². The standard InChI is InChI=1S/C22H24N4O2/c1-3-24(4-2)22(28)20-23-19(18-11-7-8-13-26(18)20)21(27)25-14-12-16-9-5-6-10-17(16)15-25/h5-11,13H,3-4,12,14-15H2,1-2H3. The number of benzene rings is 1. The second-order valence-electron chi connectivity index (χ2n) is 6.96. The Morgan fingerprint density at radius 1 is 1.04 bits per heavy atom. The van der Waals surface area contributed by atoms with Gasteiger partial charge in [-0.3, -0.25) is 14.0 Å². The summed E-state index contributed by atoms with van der Waals surface area (Å²) in [6, 6.07) is 13.8. The molecule has 28 heavy (non-hydrogen) atoms. The molecule has 6 heteroatoms. The normalized spacial score (nSPS) is 13.4. The highest BCUT2D eigenvalue weighted by Crippen LogP contribution is 2.22. The van der Waals surface area contributed by atoms with Crippen LogP contribution in [0.25, 0.3) is 5.52 Å². The zero-order valence-electron chi connectivity index (χ0n) is 16.3. The molecule has 6 nitrogen and oxygen atoms in total. The molecule has 144 valence electrons. The number of carbonyl (C=O) groups is 2. The molecule has 0 bridgehead atoms. The van der Waals surface area contributed by atoms with Crippen LogP contribution in [-0.2, 0) is 13.0 Å². The summed E-state index contributed by atoms with van der Waals surface area (Å²) in [7, 11) is 0. The summed E-state index contributed by atoms with van der Waals surface area (Å²) in [6.45, 7) is 6.30. The second kappa shape index (κ2) is 7.46. The van der Waals surface area contributed by atoms with Gasteiger partial charge in [0.2, 0.25) is 5.82 Å². The number of hydrogen-bond acceptors (Lipinski definition) is 3. The van der Waals surface area contributed by atoms with Crippen LogP contribution in [-0.4, -0.2) is 50.6 Å². The van der Waals surface area contributed by atoms with E-state index < -0.39 is 0 Å². The Labute approximate surface area is 164 Å². The maximum absolute atomic E-state index is 13.3. The first-order valence-corrected chi connectivity index (χ1v) is 9.76. The average Bonchev–Trinajstić information content (AvgIpc) is 3.13. The van der Waals surface area contributed by atoms with Crippen LogP contribution in [0, 0.1) is 0 Å². The molecule has 0 saturated carbocycles. The van der Waals surface area contributed by atoms with Crippen molar-refractivity contribution in [1.29, 1.82) is 0 Å². The lowest BCUT2D eigenvalue weighted by atomic mass is 10.00. The Balaban J connectivity index is 1.71. The number of amides is 2. The summed E-state index contributed by atoms with van der Waals surface area (Å²) in [6.07, 6.45) is 2.63. The number of rotatable bonds is 4. The molecule has 2 aromatic heterocycles. The highest BCUT2D eigenvalue weighted by atomic mass is 16.2. The number of carbonyl (C=O) groups excluding carboxylic acids is 2. The topological polar surface area (TPSA) is 57.9 Å². The maximum atomic E-state index is 13.3. The Hall–Kier alpha value is -3.15. The lowest BCUT2D eigenvalue weighted by Gasteiger charge is -2.28. The Morgan fingerprint density at radius 2 is 1.75 bits per heavy atom. The van der Waals surface area contributed by atoms with E-state index in [1.165, 1.54) is 11.1 Å². The van der Waals surface area contributed by atoms with E-state index in [2.05, 4.69) is 17.1 Å². The summed E-state index contributed by atoms with van der Waals surface area (Å²) in [5.41, 5.74) is 3.47. The van der Waals surface area contributed by atoms with Crippen molar-refractivity contribution < 1.29 is 9.59 Å². The minimum absolute atomic E-state index is 0.128. The molecular weight excluding hydrogens is 352 g/mol. The van der Waals surface area contributed by atoms with Gasteiger partial charge in [-0.15, -0.1) is 0 Å². The Kier molecular flexibility index (Phi) is 4.86. The SMILES string of the molecule is CCN(CC)C(=O)c1nc(C(=O)N2CCc3ccccc3C2)c2ccccn12. The quantitative estimate of drug-likeness (QED) is 0.703. The van der Waals surface area contributed by atoms with Crippen molar-refractivity contribution >= 4 is 17.3 Å². The third-order valence-electron chi connectivity index (χ3n) is 5.41. The van der Waals surface area contributed by atoms with Gasteiger partial charge in [-0.05, 0) is 43.5 Å². The fraction of sp³-hybridized carbons (Fsp3) is 0.318. The molecule has 2 amide bonds. The predicted molar refractivity (Wildman–Crippen MR) is 107 cm³/mol. The molecular formula is C22H24N4O2. The van der Waals surface area contributed by atoms with E-state index in [1.54, 1.807) is 15.5 Å². The van der Waals surface area contributed by atoms with Crippen molar-refractivity contribution in [1.82, 2.24) is 19.2 Å². The number of aromatic nitrogens is 2. The molecule has 1 aliphatic rings. The maximum Gasteiger partial charge on any atom is 0.290 e. The van der Waals surface area contributed by atoms with Gasteiger partial charge in [0.15, 0.2) is 5.69 Å². The van der Waals surface area contributed by atoms with Crippen LogP contribution in [0.2, 0.25) is 0 Å². The molecule has 3 aromatic rings. The van der Waals surface area contributed by atoms with Crippen LogP contribution in [0.3, 0.4) is 0 Å². The summed E-state index contributed by atoms with van der Waals surface area (Å²) < 4.78 is 1.73. The molecule has 1 aliphatic heterocycles. The number of pyridine rings is 1. The number of imidazole rings is 1. The van der Waals surface area contributed by atoms with Crippen LogP contribution in [0.1, 0.15) is 46.1 Å². The predicted octanol–water partition coefficient (Wildman–Crippen LogP) is 3.01. The van der Waals surface area contributed by atoms with Gasteiger partial charge < -0.3 is 9.80 Å². The molecule has 0 atom stereocenters. The highest BCUT2D eigenvalue weighted by Gasteiger charge is 2.28. The summed E-state index contributed by atoms with van der Waals surface area (Å²) >= 11 is 0. The zero-order chi connectivity index (χ0) is 19.7. The first-order chi connectivity index (χ1) is 13.6. The Bertz CT molecular complexity index is 1040. The van der Waals surface area contributed by atoms with Crippen molar-refractivity contribution in [2.75, 3.05) is 19.6 Å². The fourth-order valence-corrected chi connectivity index (χ4v) is 3.82. The van der Waals surface area contributed by atoms with E-state index in [9.17, 15) is 9.59 Å². The average molecular weight is 376 g/mol. The highest BCUT2D eigenvalue weighted by molar-refractivity contribution is 6.02. The van der Waals surface area contributed by atoms with Gasteiger partial charge in [-0.2, -0.15) is 0 Å². The molecule has 0 saturated heterocycles. The second-order valence-corrected chi connectivity index (χ2v) is 6.96. The molecule has 1 aromatic carbocycles. The zero-order valence-corrected chi connectivity index (χ0v) is 16.3.